The van der Waals surface area contributed by atoms with E-state index in [-0.39, 0.29) is 16.9 Å². The molecular weight excluding hydrogens is 243 g/mol. The quantitative estimate of drug-likeness (QED) is 0.781. The molecule has 1 N–H and O–H groups in total. The maximum Gasteiger partial charge on any atom is 0.399 e. The number of nitrogens with one attached hydrogen (secondary N) is 1. The molecule has 0 saturated carbocycles. The Hall–Kier alpha value is -2.11. The molecule has 1 unspecified atom stereocenters. The number of halogens is 3. The average Bonchev–Trinajstić information content (AvgIpc) is 2.34. The molecule has 18 heavy (non-hydrogen) atoms. The highest BCUT2D eigenvalue weighted by atomic mass is 19.4. The molecule has 6 heteroatoms. The van der Waals surface area contributed by atoms with Crippen molar-refractivity contribution in [1.29, 1.82) is 0 Å². The molecule has 3 nitrogen and oxygen atoms in total. The Bertz CT molecular complexity index is 550. The maximum absolute atomic E-state index is 13.2. The monoisotopic (exact) mass is 251 g/mol. The van der Waals surface area contributed by atoms with Crippen LogP contribution in [0.2, 0.25) is 0 Å². The van der Waals surface area contributed by atoms with Crippen LogP contribution in [0.15, 0.2) is 36.8 Å². The highest BCUT2D eigenvalue weighted by Gasteiger charge is 2.46. The highest BCUT2D eigenvalue weighted by molar-refractivity contribution is 5.70. The van der Waals surface area contributed by atoms with Gasteiger partial charge in [-0.1, -0.05) is 18.2 Å². The predicted octanol–water partition coefficient (Wildman–Crippen LogP) is 3.23. The number of alkyl halides is 3. The summed E-state index contributed by atoms with van der Waals surface area (Å²) in [6.45, 7) is 0. The van der Waals surface area contributed by atoms with Crippen LogP contribution >= 0.6 is 0 Å². The van der Waals surface area contributed by atoms with Gasteiger partial charge in [-0.25, -0.2) is 9.97 Å². The minimum Gasteiger partial charge on any atom is -0.340 e. The zero-order valence-electron chi connectivity index (χ0n) is 9.07. The van der Waals surface area contributed by atoms with Gasteiger partial charge >= 0.3 is 6.18 Å². The third-order valence-corrected chi connectivity index (χ3v) is 2.90. The molecule has 0 fully saturated rings. The van der Waals surface area contributed by atoms with E-state index in [9.17, 15) is 13.2 Å². The van der Waals surface area contributed by atoms with Crippen LogP contribution < -0.4 is 5.32 Å². The molecule has 1 aliphatic rings. The lowest BCUT2D eigenvalue weighted by atomic mass is 9.88. The minimum atomic E-state index is -4.36. The third-order valence-electron chi connectivity index (χ3n) is 2.90. The van der Waals surface area contributed by atoms with Crippen molar-refractivity contribution in [2.24, 2.45) is 0 Å². The van der Waals surface area contributed by atoms with Crippen molar-refractivity contribution in [3.8, 4) is 0 Å². The Balaban J connectivity index is 2.24. The first-order chi connectivity index (χ1) is 8.57. The van der Waals surface area contributed by atoms with E-state index in [0.717, 1.165) is 0 Å². The summed E-state index contributed by atoms with van der Waals surface area (Å²) >= 11 is 0. The smallest absolute Gasteiger partial charge is 0.340 e. The van der Waals surface area contributed by atoms with E-state index >= 15 is 0 Å². The van der Waals surface area contributed by atoms with Gasteiger partial charge in [-0.3, -0.25) is 0 Å². The summed E-state index contributed by atoms with van der Waals surface area (Å²) in [5, 5.41) is 2.89. The van der Waals surface area contributed by atoms with Crippen LogP contribution in [0.1, 0.15) is 17.0 Å². The van der Waals surface area contributed by atoms with E-state index in [2.05, 4.69) is 15.3 Å². The molecule has 0 aliphatic carbocycles. The van der Waals surface area contributed by atoms with Crippen molar-refractivity contribution < 1.29 is 13.2 Å². The lowest BCUT2D eigenvalue weighted by Crippen LogP contribution is -2.27. The van der Waals surface area contributed by atoms with E-state index in [1.54, 1.807) is 18.2 Å². The number of hydrogen-bond acceptors (Lipinski definition) is 3. The molecule has 1 aliphatic heterocycles. The van der Waals surface area contributed by atoms with Gasteiger partial charge < -0.3 is 5.32 Å². The molecule has 3 rings (SSSR count). The SMILES string of the molecule is FC(F)(F)C1c2ccccc2Nc2ncncc21. The van der Waals surface area contributed by atoms with Gasteiger partial charge in [0.2, 0.25) is 0 Å². The number of rotatable bonds is 0. The van der Waals surface area contributed by atoms with Crippen LogP contribution in [-0.2, 0) is 0 Å². The van der Waals surface area contributed by atoms with Gasteiger partial charge in [0.1, 0.15) is 18.1 Å². The summed E-state index contributed by atoms with van der Waals surface area (Å²) in [6.07, 6.45) is -1.92. The second-order valence-electron chi connectivity index (χ2n) is 4.01. The van der Waals surface area contributed by atoms with Gasteiger partial charge in [0, 0.05) is 17.4 Å². The van der Waals surface area contributed by atoms with E-state index < -0.39 is 12.1 Å². The summed E-state index contributed by atoms with van der Waals surface area (Å²) in [5.74, 6) is -1.46. The molecule has 0 bridgehead atoms. The van der Waals surface area contributed by atoms with Gasteiger partial charge in [-0.15, -0.1) is 0 Å². The van der Waals surface area contributed by atoms with E-state index in [1.807, 2.05) is 0 Å². The van der Waals surface area contributed by atoms with Crippen molar-refractivity contribution in [3.63, 3.8) is 0 Å². The second-order valence-corrected chi connectivity index (χ2v) is 4.01. The number of anilines is 2. The van der Waals surface area contributed by atoms with Gasteiger partial charge in [0.15, 0.2) is 0 Å². The fourth-order valence-electron chi connectivity index (χ4n) is 2.17. The molecule has 1 atom stereocenters. The number of nitrogens with zero attached hydrogens (tertiary/aromatic N) is 2. The van der Waals surface area contributed by atoms with Crippen molar-refractivity contribution in [2.75, 3.05) is 5.32 Å². The molecule has 0 radical (unpaired) electrons. The summed E-state index contributed by atoms with van der Waals surface area (Å²) in [6, 6.07) is 6.36. The molecular formula is C12H8F3N3. The van der Waals surface area contributed by atoms with Crippen molar-refractivity contribution in [3.05, 3.63) is 47.9 Å². The second kappa shape index (κ2) is 3.69. The molecule has 2 aromatic rings. The van der Waals surface area contributed by atoms with Crippen LogP contribution in [0.3, 0.4) is 0 Å². The zero-order chi connectivity index (χ0) is 12.8. The Morgan fingerprint density at radius 3 is 2.67 bits per heavy atom. The van der Waals surface area contributed by atoms with Crippen LogP contribution in [-0.4, -0.2) is 16.1 Å². The molecule has 0 spiro atoms. The number of para-hydroxylation sites is 1. The Kier molecular flexibility index (Phi) is 2.26. The first-order valence-corrected chi connectivity index (χ1v) is 5.30. The Labute approximate surface area is 101 Å². The average molecular weight is 251 g/mol. The molecule has 92 valence electrons. The van der Waals surface area contributed by atoms with Gasteiger partial charge in [-0.05, 0) is 11.6 Å². The highest BCUT2D eigenvalue weighted by Crippen LogP contribution is 2.47. The normalized spacial score (nSPS) is 17.6. The van der Waals surface area contributed by atoms with Crippen molar-refractivity contribution in [1.82, 2.24) is 9.97 Å². The summed E-state index contributed by atoms with van der Waals surface area (Å²) < 4.78 is 39.6. The van der Waals surface area contributed by atoms with Gasteiger partial charge in [0.05, 0.1) is 0 Å². The van der Waals surface area contributed by atoms with Crippen LogP contribution in [0.4, 0.5) is 24.7 Å². The molecule has 0 saturated heterocycles. The minimum absolute atomic E-state index is 0.0590. The summed E-state index contributed by atoms with van der Waals surface area (Å²) in [7, 11) is 0. The van der Waals surface area contributed by atoms with Crippen LogP contribution in [0.5, 0.6) is 0 Å². The van der Waals surface area contributed by atoms with Gasteiger partial charge in [0.25, 0.3) is 0 Å². The lowest BCUT2D eigenvalue weighted by molar-refractivity contribution is -0.141. The van der Waals surface area contributed by atoms with Crippen molar-refractivity contribution in [2.45, 2.75) is 12.1 Å². The molecule has 2 heterocycles. The summed E-state index contributed by atoms with van der Waals surface area (Å²) in [5.41, 5.74) is 0.696. The van der Waals surface area contributed by atoms with Crippen LogP contribution in [0.25, 0.3) is 0 Å². The third kappa shape index (κ3) is 1.61. The van der Waals surface area contributed by atoms with Gasteiger partial charge in [-0.2, -0.15) is 13.2 Å². The maximum atomic E-state index is 13.2. The number of benzene rings is 1. The predicted molar refractivity (Wildman–Crippen MR) is 59.7 cm³/mol. The first-order valence-electron chi connectivity index (χ1n) is 5.30. The largest absolute Gasteiger partial charge is 0.399 e. The topological polar surface area (TPSA) is 37.8 Å². The zero-order valence-corrected chi connectivity index (χ0v) is 9.07. The lowest BCUT2D eigenvalue weighted by Gasteiger charge is -2.29. The fourth-order valence-corrected chi connectivity index (χ4v) is 2.17. The summed E-state index contributed by atoms with van der Waals surface area (Å²) in [4.78, 5) is 7.54. The molecule has 0 amide bonds. The molecule has 1 aromatic carbocycles. The standard InChI is InChI=1S/C12H8F3N3/c13-12(14,15)10-7-3-1-2-4-9(7)18-11-8(10)5-16-6-17-11/h1-6,10H,(H,16,17,18). The first kappa shape index (κ1) is 11.0. The molecule has 1 aromatic heterocycles. The van der Waals surface area contributed by atoms with E-state index in [1.165, 1.54) is 18.6 Å². The van der Waals surface area contributed by atoms with Crippen molar-refractivity contribution >= 4 is 11.5 Å². The fraction of sp³-hybridized carbons (Fsp3) is 0.167. The van der Waals surface area contributed by atoms with E-state index in [0.29, 0.717) is 5.69 Å². The Morgan fingerprint density at radius 2 is 1.89 bits per heavy atom. The number of fused-ring (bicyclic) bond motifs is 2. The Morgan fingerprint density at radius 1 is 1.11 bits per heavy atom. The number of aromatic nitrogens is 2. The number of hydrogen-bond donors (Lipinski definition) is 1. The van der Waals surface area contributed by atoms with Crippen LogP contribution in [0, 0.1) is 0 Å². The van der Waals surface area contributed by atoms with E-state index in [4.69, 9.17) is 0 Å².